The Kier molecular flexibility index (Phi) is 3.68. The second-order valence-corrected chi connectivity index (χ2v) is 4.83. The van der Waals surface area contributed by atoms with Crippen LogP contribution in [-0.4, -0.2) is 11.9 Å². The van der Waals surface area contributed by atoms with Gasteiger partial charge in [-0.05, 0) is 42.4 Å². The van der Waals surface area contributed by atoms with Gasteiger partial charge >= 0.3 is 0 Å². The molecule has 1 fully saturated rings. The summed E-state index contributed by atoms with van der Waals surface area (Å²) in [5, 5.41) is 1.12. The molecule has 0 N–H and O–H groups in total. The van der Waals surface area contributed by atoms with E-state index in [9.17, 15) is 0 Å². The Morgan fingerprint density at radius 1 is 1.47 bits per heavy atom. The quantitative estimate of drug-likeness (QED) is 0.735. The predicted octanol–water partition coefficient (Wildman–Crippen LogP) is 3.97. The van der Waals surface area contributed by atoms with Crippen LogP contribution in [0, 0.1) is 5.92 Å². The van der Waals surface area contributed by atoms with E-state index >= 15 is 0 Å². The highest BCUT2D eigenvalue weighted by molar-refractivity contribution is 9.09. The highest BCUT2D eigenvalue weighted by Crippen LogP contribution is 2.48. The van der Waals surface area contributed by atoms with Gasteiger partial charge in [0, 0.05) is 5.33 Å². The zero-order valence-electron chi connectivity index (χ0n) is 9.08. The summed E-state index contributed by atoms with van der Waals surface area (Å²) in [6.07, 6.45) is 2.39. The van der Waals surface area contributed by atoms with E-state index in [1.807, 2.05) is 6.07 Å². The van der Waals surface area contributed by atoms with E-state index in [1.54, 1.807) is 0 Å². The van der Waals surface area contributed by atoms with Crippen molar-refractivity contribution >= 4 is 15.9 Å². The summed E-state index contributed by atoms with van der Waals surface area (Å²) in [7, 11) is 0. The number of hydrogen-bond acceptors (Lipinski definition) is 1. The van der Waals surface area contributed by atoms with Crippen LogP contribution >= 0.6 is 15.9 Å². The Labute approximate surface area is 100.0 Å². The van der Waals surface area contributed by atoms with Gasteiger partial charge in [-0.25, -0.2) is 0 Å². The molecule has 1 aromatic rings. The standard InChI is InChI=1S/C13H17BrO/c1-2-6-15-12-5-3-4-10(7-12)13-8-11(13)9-14/h3-5,7,11,13H,2,6,8-9H2,1H3. The molecule has 0 aliphatic heterocycles. The molecule has 0 aromatic heterocycles. The summed E-state index contributed by atoms with van der Waals surface area (Å²) in [5.74, 6) is 2.62. The Morgan fingerprint density at radius 2 is 2.33 bits per heavy atom. The van der Waals surface area contributed by atoms with Crippen molar-refractivity contribution < 1.29 is 4.74 Å². The van der Waals surface area contributed by atoms with Crippen molar-refractivity contribution in [2.24, 2.45) is 5.92 Å². The summed E-state index contributed by atoms with van der Waals surface area (Å²) in [6.45, 7) is 2.95. The van der Waals surface area contributed by atoms with Crippen molar-refractivity contribution in [3.8, 4) is 5.75 Å². The van der Waals surface area contributed by atoms with Gasteiger partial charge in [0.2, 0.25) is 0 Å². The molecular weight excluding hydrogens is 252 g/mol. The molecular formula is C13H17BrO. The molecule has 1 aromatic carbocycles. The molecule has 15 heavy (non-hydrogen) atoms. The molecule has 0 spiro atoms. The SMILES string of the molecule is CCCOc1cccc(C2CC2CBr)c1. The normalized spacial score (nSPS) is 23.9. The van der Waals surface area contributed by atoms with Crippen LogP contribution < -0.4 is 4.74 Å². The van der Waals surface area contributed by atoms with Gasteiger partial charge in [0.05, 0.1) is 6.61 Å². The Bertz CT molecular complexity index is 324. The minimum atomic E-state index is 0.759. The molecule has 1 aliphatic rings. The van der Waals surface area contributed by atoms with E-state index in [-0.39, 0.29) is 0 Å². The highest BCUT2D eigenvalue weighted by Gasteiger charge is 2.37. The van der Waals surface area contributed by atoms with Crippen LogP contribution in [0.1, 0.15) is 31.2 Å². The first-order valence-electron chi connectivity index (χ1n) is 5.64. The fourth-order valence-electron chi connectivity index (χ4n) is 1.88. The molecule has 1 saturated carbocycles. The largest absolute Gasteiger partial charge is 0.494 e. The first kappa shape index (κ1) is 11.0. The van der Waals surface area contributed by atoms with Gasteiger partial charge in [-0.15, -0.1) is 0 Å². The lowest BCUT2D eigenvalue weighted by Crippen LogP contribution is -1.95. The number of benzene rings is 1. The van der Waals surface area contributed by atoms with E-state index < -0.39 is 0 Å². The molecule has 0 saturated heterocycles. The number of hydrogen-bond donors (Lipinski definition) is 0. The van der Waals surface area contributed by atoms with Crippen molar-refractivity contribution in [2.45, 2.75) is 25.7 Å². The molecule has 2 atom stereocenters. The van der Waals surface area contributed by atoms with Crippen LogP contribution in [-0.2, 0) is 0 Å². The van der Waals surface area contributed by atoms with Crippen LogP contribution in [0.4, 0.5) is 0 Å². The van der Waals surface area contributed by atoms with Gasteiger partial charge < -0.3 is 4.74 Å². The molecule has 0 heterocycles. The maximum Gasteiger partial charge on any atom is 0.119 e. The lowest BCUT2D eigenvalue weighted by Gasteiger charge is -2.06. The van der Waals surface area contributed by atoms with Crippen LogP contribution in [0.25, 0.3) is 0 Å². The molecule has 2 unspecified atom stereocenters. The lowest BCUT2D eigenvalue weighted by atomic mass is 10.1. The average Bonchev–Trinajstić information content (AvgIpc) is 3.06. The maximum atomic E-state index is 5.63. The summed E-state index contributed by atoms with van der Waals surface area (Å²) >= 11 is 3.54. The van der Waals surface area contributed by atoms with Crippen molar-refractivity contribution in [2.75, 3.05) is 11.9 Å². The van der Waals surface area contributed by atoms with Crippen LogP contribution in [0.2, 0.25) is 0 Å². The van der Waals surface area contributed by atoms with Crippen molar-refractivity contribution in [3.63, 3.8) is 0 Å². The molecule has 0 bridgehead atoms. The second-order valence-electron chi connectivity index (χ2n) is 4.18. The highest BCUT2D eigenvalue weighted by atomic mass is 79.9. The van der Waals surface area contributed by atoms with Crippen LogP contribution in [0.15, 0.2) is 24.3 Å². The summed E-state index contributed by atoms with van der Waals surface area (Å²) in [6, 6.07) is 8.56. The zero-order valence-corrected chi connectivity index (χ0v) is 10.7. The van der Waals surface area contributed by atoms with E-state index in [0.717, 1.165) is 35.9 Å². The number of ether oxygens (including phenoxy) is 1. The van der Waals surface area contributed by atoms with E-state index in [1.165, 1.54) is 12.0 Å². The molecule has 2 heteroatoms. The first-order valence-corrected chi connectivity index (χ1v) is 6.76. The molecule has 82 valence electrons. The number of rotatable bonds is 5. The number of alkyl halides is 1. The van der Waals surface area contributed by atoms with Crippen molar-refractivity contribution in [3.05, 3.63) is 29.8 Å². The van der Waals surface area contributed by atoms with Crippen LogP contribution in [0.3, 0.4) is 0 Å². The zero-order chi connectivity index (χ0) is 10.7. The monoisotopic (exact) mass is 268 g/mol. The van der Waals surface area contributed by atoms with Crippen molar-refractivity contribution in [1.29, 1.82) is 0 Å². The molecule has 1 nitrogen and oxygen atoms in total. The summed E-state index contributed by atoms with van der Waals surface area (Å²) < 4.78 is 5.63. The third kappa shape index (κ3) is 2.75. The Hall–Kier alpha value is -0.500. The van der Waals surface area contributed by atoms with Gasteiger partial charge in [0.1, 0.15) is 5.75 Å². The number of halogens is 1. The summed E-state index contributed by atoms with van der Waals surface area (Å²) in [4.78, 5) is 0. The smallest absolute Gasteiger partial charge is 0.119 e. The topological polar surface area (TPSA) is 9.23 Å². The third-order valence-electron chi connectivity index (χ3n) is 2.88. The minimum absolute atomic E-state index is 0.759. The summed E-state index contributed by atoms with van der Waals surface area (Å²) in [5.41, 5.74) is 1.44. The maximum absolute atomic E-state index is 5.63. The predicted molar refractivity (Wildman–Crippen MR) is 66.9 cm³/mol. The van der Waals surface area contributed by atoms with Gasteiger partial charge in [0.25, 0.3) is 0 Å². The third-order valence-corrected chi connectivity index (χ3v) is 3.71. The van der Waals surface area contributed by atoms with Gasteiger partial charge in [-0.3, -0.25) is 0 Å². The van der Waals surface area contributed by atoms with E-state index in [4.69, 9.17) is 4.74 Å². The van der Waals surface area contributed by atoms with E-state index in [2.05, 4.69) is 41.1 Å². The van der Waals surface area contributed by atoms with Crippen molar-refractivity contribution in [1.82, 2.24) is 0 Å². The molecule has 0 radical (unpaired) electrons. The van der Waals surface area contributed by atoms with E-state index in [0.29, 0.717) is 0 Å². The Morgan fingerprint density at radius 3 is 3.00 bits per heavy atom. The first-order chi connectivity index (χ1) is 7.35. The fourth-order valence-corrected chi connectivity index (χ4v) is 2.60. The average molecular weight is 269 g/mol. The van der Waals surface area contributed by atoms with Gasteiger partial charge in [0.15, 0.2) is 0 Å². The minimum Gasteiger partial charge on any atom is -0.494 e. The molecule has 1 aliphatic carbocycles. The fraction of sp³-hybridized carbons (Fsp3) is 0.538. The molecule has 0 amide bonds. The second kappa shape index (κ2) is 5.02. The van der Waals surface area contributed by atoms with Gasteiger partial charge in [-0.1, -0.05) is 35.0 Å². The molecule has 2 rings (SSSR count). The van der Waals surface area contributed by atoms with Crippen LogP contribution in [0.5, 0.6) is 5.75 Å². The van der Waals surface area contributed by atoms with Gasteiger partial charge in [-0.2, -0.15) is 0 Å². The Balaban J connectivity index is 2.00. The lowest BCUT2D eigenvalue weighted by molar-refractivity contribution is 0.317.